The molecule has 0 aromatic carbocycles. The molecule has 0 rings (SSSR count). The van der Waals surface area contributed by atoms with Gasteiger partial charge in [-0.2, -0.15) is 0 Å². The van der Waals surface area contributed by atoms with Gasteiger partial charge in [0.25, 0.3) is 0 Å². The molecule has 0 aliphatic rings. The number of aliphatic imine (C=N–C) groups is 1. The van der Waals surface area contributed by atoms with E-state index in [0.29, 0.717) is 13.1 Å². The SMILES string of the molecule is NCCCCN=C(N)NC(=O)O. The second-order valence-electron chi connectivity index (χ2n) is 2.19. The van der Waals surface area contributed by atoms with E-state index in [1.54, 1.807) is 0 Å². The third-order valence-corrected chi connectivity index (χ3v) is 1.13. The van der Waals surface area contributed by atoms with Crippen LogP contribution in [0.2, 0.25) is 0 Å². The van der Waals surface area contributed by atoms with Crippen molar-refractivity contribution in [1.29, 1.82) is 0 Å². The molecule has 0 aromatic heterocycles. The Morgan fingerprint density at radius 1 is 1.50 bits per heavy atom. The summed E-state index contributed by atoms with van der Waals surface area (Å²) in [5.41, 5.74) is 10.4. The molecule has 0 fully saturated rings. The van der Waals surface area contributed by atoms with E-state index in [4.69, 9.17) is 16.6 Å². The minimum atomic E-state index is -1.20. The van der Waals surface area contributed by atoms with Crippen LogP contribution in [0.5, 0.6) is 0 Å². The Labute approximate surface area is 70.6 Å². The maximum atomic E-state index is 10.0. The molecule has 0 saturated heterocycles. The largest absolute Gasteiger partial charge is 0.465 e. The molecule has 0 saturated carbocycles. The Kier molecular flexibility index (Phi) is 5.72. The summed E-state index contributed by atoms with van der Waals surface area (Å²) in [6, 6.07) is 0. The summed E-state index contributed by atoms with van der Waals surface area (Å²) in [7, 11) is 0. The molecule has 0 radical (unpaired) electrons. The van der Waals surface area contributed by atoms with E-state index in [9.17, 15) is 4.79 Å². The van der Waals surface area contributed by atoms with Crippen LogP contribution in [0.4, 0.5) is 4.79 Å². The van der Waals surface area contributed by atoms with E-state index >= 15 is 0 Å². The van der Waals surface area contributed by atoms with Gasteiger partial charge in [0, 0.05) is 6.54 Å². The second kappa shape index (κ2) is 6.41. The van der Waals surface area contributed by atoms with Gasteiger partial charge in [0.05, 0.1) is 0 Å². The maximum absolute atomic E-state index is 10.0. The van der Waals surface area contributed by atoms with E-state index < -0.39 is 6.09 Å². The lowest BCUT2D eigenvalue weighted by molar-refractivity contribution is 0.200. The van der Waals surface area contributed by atoms with Crippen LogP contribution in [0.25, 0.3) is 0 Å². The molecule has 0 spiro atoms. The van der Waals surface area contributed by atoms with Crippen molar-refractivity contribution in [2.45, 2.75) is 12.8 Å². The quantitative estimate of drug-likeness (QED) is 0.256. The number of carbonyl (C=O) groups is 1. The van der Waals surface area contributed by atoms with Crippen molar-refractivity contribution in [1.82, 2.24) is 5.32 Å². The van der Waals surface area contributed by atoms with E-state index in [-0.39, 0.29) is 5.96 Å². The number of hydrogen-bond acceptors (Lipinski definition) is 3. The fourth-order valence-electron chi connectivity index (χ4n) is 0.605. The number of nitrogens with one attached hydrogen (secondary N) is 1. The topological polar surface area (TPSA) is 114 Å². The van der Waals surface area contributed by atoms with Gasteiger partial charge in [-0.25, -0.2) is 4.79 Å². The third-order valence-electron chi connectivity index (χ3n) is 1.13. The number of carboxylic acid groups (broad SMARTS) is 1. The molecule has 12 heavy (non-hydrogen) atoms. The van der Waals surface area contributed by atoms with Gasteiger partial charge in [0.2, 0.25) is 0 Å². The predicted octanol–water partition coefficient (Wildman–Crippen LogP) is -0.692. The molecule has 0 unspecified atom stereocenters. The van der Waals surface area contributed by atoms with E-state index in [0.717, 1.165) is 12.8 Å². The number of hydrogen-bond donors (Lipinski definition) is 4. The van der Waals surface area contributed by atoms with Gasteiger partial charge >= 0.3 is 6.09 Å². The first-order valence-corrected chi connectivity index (χ1v) is 3.66. The zero-order valence-corrected chi connectivity index (χ0v) is 6.79. The predicted molar refractivity (Wildman–Crippen MR) is 45.9 cm³/mol. The van der Waals surface area contributed by atoms with Crippen LogP contribution in [0.3, 0.4) is 0 Å². The van der Waals surface area contributed by atoms with Gasteiger partial charge in [-0.15, -0.1) is 0 Å². The molecule has 6 nitrogen and oxygen atoms in total. The minimum Gasteiger partial charge on any atom is -0.465 e. The van der Waals surface area contributed by atoms with Crippen molar-refractivity contribution in [3.63, 3.8) is 0 Å². The molecule has 6 N–H and O–H groups in total. The van der Waals surface area contributed by atoms with Crippen LogP contribution in [-0.4, -0.2) is 30.2 Å². The zero-order valence-electron chi connectivity index (χ0n) is 6.79. The second-order valence-corrected chi connectivity index (χ2v) is 2.19. The number of nitrogens with two attached hydrogens (primary N) is 2. The molecule has 0 bridgehead atoms. The van der Waals surface area contributed by atoms with Crippen molar-refractivity contribution in [3.05, 3.63) is 0 Å². The highest BCUT2D eigenvalue weighted by molar-refractivity contribution is 5.91. The molecule has 0 atom stereocenters. The van der Waals surface area contributed by atoms with E-state index in [2.05, 4.69) is 4.99 Å². The van der Waals surface area contributed by atoms with Crippen LogP contribution in [-0.2, 0) is 0 Å². The molecular weight excluding hydrogens is 160 g/mol. The van der Waals surface area contributed by atoms with Gasteiger partial charge in [-0.3, -0.25) is 10.3 Å². The smallest absolute Gasteiger partial charge is 0.411 e. The summed E-state index contributed by atoms with van der Waals surface area (Å²) in [5.74, 6) is -0.0699. The number of rotatable bonds is 4. The van der Waals surface area contributed by atoms with Crippen molar-refractivity contribution < 1.29 is 9.90 Å². The lowest BCUT2D eigenvalue weighted by Gasteiger charge is -1.98. The highest BCUT2D eigenvalue weighted by atomic mass is 16.4. The highest BCUT2D eigenvalue weighted by Gasteiger charge is 1.95. The van der Waals surface area contributed by atoms with Gasteiger partial charge in [0.1, 0.15) is 0 Å². The summed E-state index contributed by atoms with van der Waals surface area (Å²) >= 11 is 0. The molecule has 0 aromatic rings. The Morgan fingerprint density at radius 2 is 2.17 bits per heavy atom. The summed E-state index contributed by atoms with van der Waals surface area (Å²) in [4.78, 5) is 13.8. The summed E-state index contributed by atoms with van der Waals surface area (Å²) < 4.78 is 0. The number of nitrogens with zero attached hydrogens (tertiary/aromatic N) is 1. The zero-order chi connectivity index (χ0) is 9.40. The molecule has 70 valence electrons. The Bertz CT molecular complexity index is 169. The standard InChI is InChI=1S/C6H14N4O2/c7-3-1-2-4-9-5(8)10-6(11)12/h1-4,7H2,(H,11,12)(H3,8,9,10). The van der Waals surface area contributed by atoms with Crippen LogP contribution in [0.15, 0.2) is 4.99 Å². The highest BCUT2D eigenvalue weighted by Crippen LogP contribution is 1.85. The van der Waals surface area contributed by atoms with E-state index in [1.165, 1.54) is 0 Å². The van der Waals surface area contributed by atoms with Gasteiger partial charge in [0.15, 0.2) is 5.96 Å². The first-order chi connectivity index (χ1) is 5.66. The van der Waals surface area contributed by atoms with Crippen molar-refractivity contribution >= 4 is 12.1 Å². The van der Waals surface area contributed by atoms with Crippen molar-refractivity contribution in [2.75, 3.05) is 13.1 Å². The lowest BCUT2D eigenvalue weighted by Crippen LogP contribution is -2.35. The summed E-state index contributed by atoms with van der Waals surface area (Å²) in [6.07, 6.45) is 0.484. The monoisotopic (exact) mass is 174 g/mol. The number of guanidine groups is 1. The molecule has 0 aliphatic heterocycles. The Morgan fingerprint density at radius 3 is 2.67 bits per heavy atom. The fourth-order valence-corrected chi connectivity index (χ4v) is 0.605. The normalized spacial score (nSPS) is 11.2. The molecular formula is C6H14N4O2. The maximum Gasteiger partial charge on any atom is 0.411 e. The Balaban J connectivity index is 3.48. The average molecular weight is 174 g/mol. The molecule has 0 heterocycles. The summed E-state index contributed by atoms with van der Waals surface area (Å²) in [5, 5.41) is 10.1. The Hall–Kier alpha value is -1.30. The molecule has 0 aliphatic carbocycles. The van der Waals surface area contributed by atoms with Gasteiger partial charge in [-0.1, -0.05) is 0 Å². The van der Waals surface area contributed by atoms with Gasteiger partial charge < -0.3 is 16.6 Å². The van der Waals surface area contributed by atoms with Crippen LogP contribution in [0, 0.1) is 0 Å². The number of unbranched alkanes of at least 4 members (excludes halogenated alkanes) is 1. The number of amides is 1. The van der Waals surface area contributed by atoms with Crippen molar-refractivity contribution in [2.24, 2.45) is 16.5 Å². The van der Waals surface area contributed by atoms with Crippen LogP contribution >= 0.6 is 0 Å². The van der Waals surface area contributed by atoms with E-state index in [1.807, 2.05) is 5.32 Å². The van der Waals surface area contributed by atoms with Gasteiger partial charge in [-0.05, 0) is 19.4 Å². The lowest BCUT2D eigenvalue weighted by atomic mass is 10.3. The first kappa shape index (κ1) is 10.7. The molecule has 1 amide bonds. The van der Waals surface area contributed by atoms with Crippen LogP contribution in [0.1, 0.15) is 12.8 Å². The van der Waals surface area contributed by atoms with Crippen LogP contribution < -0.4 is 16.8 Å². The minimum absolute atomic E-state index is 0.0699. The van der Waals surface area contributed by atoms with Crippen molar-refractivity contribution in [3.8, 4) is 0 Å². The first-order valence-electron chi connectivity index (χ1n) is 3.66. The average Bonchev–Trinajstić information content (AvgIpc) is 1.97. The third kappa shape index (κ3) is 6.81. The molecule has 6 heteroatoms. The fraction of sp³-hybridized carbons (Fsp3) is 0.667. The summed E-state index contributed by atoms with van der Waals surface area (Å²) in [6.45, 7) is 1.12.